The van der Waals surface area contributed by atoms with Crippen molar-refractivity contribution in [2.24, 2.45) is 10.1 Å². The van der Waals surface area contributed by atoms with Crippen molar-refractivity contribution in [1.82, 2.24) is 5.01 Å². The maximum absolute atomic E-state index is 12.6. The summed E-state index contributed by atoms with van der Waals surface area (Å²) in [5.74, 6) is 0.693. The fraction of sp³-hybridized carbons (Fsp3) is 0.182. The van der Waals surface area contributed by atoms with Gasteiger partial charge in [-0.1, -0.05) is 30.7 Å². The Bertz CT molecular complexity index is 1470. The molecule has 3 heterocycles. The van der Waals surface area contributed by atoms with Gasteiger partial charge in [-0.3, -0.25) is 10.2 Å². The van der Waals surface area contributed by atoms with Crippen LogP contribution in [0.4, 0.5) is 0 Å². The molecular formula is C22H17ClN4O6S2. The molecule has 1 amide bonds. The summed E-state index contributed by atoms with van der Waals surface area (Å²) in [6.45, 7) is 1.94. The molecule has 0 aliphatic carbocycles. The lowest BCUT2D eigenvalue weighted by atomic mass is 10.1. The van der Waals surface area contributed by atoms with E-state index in [4.69, 9.17) is 31.2 Å². The van der Waals surface area contributed by atoms with Crippen LogP contribution in [0.2, 0.25) is 5.02 Å². The Kier molecular flexibility index (Phi) is 6.03. The largest absolute Gasteiger partial charge is 0.487 e. The van der Waals surface area contributed by atoms with Crippen LogP contribution in [0.25, 0.3) is 6.08 Å². The molecule has 0 radical (unpaired) electrons. The number of carbonyl (C=O) groups excluding carboxylic acids is 1. The number of amidine groups is 2. The standard InChI is InChI=1S/C22H17ClN4O6S2/c1-2-35(29,30)22-26-27-19(24)14(20(28)25-21(27)34-22)7-12-3-5-16(15(23)8-12)31-10-13-4-6-17-18(9-13)33-11-32-17/h3-9,24H,2,10-11H2,1H3/b14-7-,24-19?. The first-order valence-electron chi connectivity index (χ1n) is 10.3. The van der Waals surface area contributed by atoms with Crippen LogP contribution in [0, 0.1) is 5.41 Å². The molecule has 0 unspecified atom stereocenters. The van der Waals surface area contributed by atoms with Crippen molar-refractivity contribution in [3.63, 3.8) is 0 Å². The van der Waals surface area contributed by atoms with E-state index in [1.807, 2.05) is 18.2 Å². The van der Waals surface area contributed by atoms with E-state index in [2.05, 4.69) is 10.1 Å². The van der Waals surface area contributed by atoms with Crippen molar-refractivity contribution < 1.29 is 27.4 Å². The molecule has 0 fully saturated rings. The third kappa shape index (κ3) is 4.51. The van der Waals surface area contributed by atoms with Gasteiger partial charge in [0.25, 0.3) is 5.91 Å². The normalized spacial score (nSPS) is 18.0. The molecule has 10 nitrogen and oxygen atoms in total. The Balaban J connectivity index is 1.33. The lowest BCUT2D eigenvalue weighted by Gasteiger charge is -2.20. The number of nitrogens with zero attached hydrogens (tertiary/aromatic N) is 3. The number of aliphatic imine (C=N–C) groups is 1. The highest BCUT2D eigenvalue weighted by atomic mass is 35.5. The number of thioether (sulfide) groups is 1. The lowest BCUT2D eigenvalue weighted by molar-refractivity contribution is -0.114. The van der Waals surface area contributed by atoms with Crippen LogP contribution < -0.4 is 14.2 Å². The molecule has 13 heteroatoms. The second kappa shape index (κ2) is 9.02. The average Bonchev–Trinajstić information content (AvgIpc) is 3.48. The smallest absolute Gasteiger partial charge is 0.283 e. The second-order valence-electron chi connectivity index (χ2n) is 7.46. The molecule has 0 bridgehead atoms. The molecule has 2 aromatic carbocycles. The minimum Gasteiger partial charge on any atom is -0.487 e. The Labute approximate surface area is 209 Å². The minimum absolute atomic E-state index is 0.0365. The summed E-state index contributed by atoms with van der Waals surface area (Å²) in [7, 11) is -3.59. The molecule has 180 valence electrons. The molecule has 3 aliphatic heterocycles. The predicted octanol–water partition coefficient (Wildman–Crippen LogP) is 3.66. The number of rotatable bonds is 5. The first-order valence-corrected chi connectivity index (χ1v) is 13.1. The Morgan fingerprint density at radius 1 is 1.23 bits per heavy atom. The van der Waals surface area contributed by atoms with E-state index < -0.39 is 15.7 Å². The van der Waals surface area contributed by atoms with Gasteiger partial charge in [0.2, 0.25) is 26.2 Å². The molecule has 0 aromatic heterocycles. The van der Waals surface area contributed by atoms with Crippen molar-refractivity contribution >= 4 is 60.6 Å². The molecular weight excluding hydrogens is 516 g/mol. The van der Waals surface area contributed by atoms with Gasteiger partial charge in [-0.25, -0.2) is 8.42 Å². The number of hydrogen-bond donors (Lipinski definition) is 1. The summed E-state index contributed by atoms with van der Waals surface area (Å²) < 4.78 is 40.5. The number of nitrogens with one attached hydrogen (secondary N) is 1. The molecule has 1 N–H and O–H groups in total. The number of benzene rings is 2. The van der Waals surface area contributed by atoms with E-state index in [0.717, 1.165) is 22.3 Å². The van der Waals surface area contributed by atoms with Crippen LogP contribution in [-0.4, -0.2) is 47.3 Å². The zero-order valence-corrected chi connectivity index (χ0v) is 20.5. The van der Waals surface area contributed by atoms with Gasteiger partial charge >= 0.3 is 0 Å². The molecule has 3 aliphatic rings. The van der Waals surface area contributed by atoms with E-state index in [1.165, 1.54) is 13.0 Å². The molecule has 2 aromatic rings. The quantitative estimate of drug-likeness (QED) is 0.577. The number of sulfone groups is 1. The van der Waals surface area contributed by atoms with Gasteiger partial charge in [0.1, 0.15) is 12.4 Å². The first kappa shape index (κ1) is 23.4. The third-order valence-corrected chi connectivity index (χ3v) is 8.56. The fourth-order valence-corrected chi connectivity index (χ4v) is 5.71. The minimum atomic E-state index is -3.59. The van der Waals surface area contributed by atoms with Crippen LogP contribution in [0.15, 0.2) is 52.1 Å². The molecule has 35 heavy (non-hydrogen) atoms. The summed E-state index contributed by atoms with van der Waals surface area (Å²) in [4.78, 5) is 16.5. The Morgan fingerprint density at radius 3 is 2.80 bits per heavy atom. The van der Waals surface area contributed by atoms with E-state index >= 15 is 0 Å². The van der Waals surface area contributed by atoms with E-state index in [1.54, 1.807) is 18.2 Å². The topological polar surface area (TPSA) is 131 Å². The van der Waals surface area contributed by atoms with Gasteiger partial charge < -0.3 is 14.2 Å². The Hall–Kier alpha value is -3.35. The highest BCUT2D eigenvalue weighted by Crippen LogP contribution is 2.34. The summed E-state index contributed by atoms with van der Waals surface area (Å²) in [6, 6.07) is 10.4. The SMILES string of the molecule is CCS(=O)(=O)C1=NN2C(=N)/C(=C/c3ccc(OCc4ccc5c(c4)OCO5)c(Cl)c3)C(=O)N=C2S1. The van der Waals surface area contributed by atoms with Gasteiger partial charge in [-0.15, -0.1) is 5.10 Å². The zero-order chi connectivity index (χ0) is 24.7. The monoisotopic (exact) mass is 532 g/mol. The van der Waals surface area contributed by atoms with Crippen LogP contribution in [0.1, 0.15) is 18.1 Å². The number of ether oxygens (including phenoxy) is 3. The second-order valence-corrected chi connectivity index (χ2v) is 11.3. The van der Waals surface area contributed by atoms with Crippen LogP contribution >= 0.6 is 23.4 Å². The predicted molar refractivity (Wildman–Crippen MR) is 133 cm³/mol. The van der Waals surface area contributed by atoms with Crippen molar-refractivity contribution in [2.75, 3.05) is 12.5 Å². The van der Waals surface area contributed by atoms with E-state index in [9.17, 15) is 13.2 Å². The number of carbonyl (C=O) groups is 1. The van der Waals surface area contributed by atoms with E-state index in [-0.39, 0.29) is 40.1 Å². The maximum Gasteiger partial charge on any atom is 0.283 e. The number of fused-ring (bicyclic) bond motifs is 2. The number of hydrazone groups is 1. The molecule has 0 atom stereocenters. The van der Waals surface area contributed by atoms with E-state index in [0.29, 0.717) is 27.8 Å². The fourth-order valence-electron chi connectivity index (χ4n) is 3.31. The number of hydrogen-bond acceptors (Lipinski definition) is 9. The van der Waals surface area contributed by atoms with Gasteiger partial charge in [0, 0.05) is 0 Å². The van der Waals surface area contributed by atoms with Gasteiger partial charge in [-0.05, 0) is 53.2 Å². The van der Waals surface area contributed by atoms with Crippen molar-refractivity contribution in [3.8, 4) is 17.2 Å². The first-order chi connectivity index (χ1) is 16.7. The summed E-state index contributed by atoms with van der Waals surface area (Å²) in [5.41, 5.74) is 1.37. The highest BCUT2D eigenvalue weighted by molar-refractivity contribution is 8.42. The molecule has 0 saturated carbocycles. The van der Waals surface area contributed by atoms with Gasteiger partial charge in [0.05, 0.1) is 16.3 Å². The molecule has 0 spiro atoms. The maximum atomic E-state index is 12.6. The van der Waals surface area contributed by atoms with Crippen LogP contribution in [0.5, 0.6) is 17.2 Å². The number of halogens is 1. The zero-order valence-electron chi connectivity index (χ0n) is 18.1. The van der Waals surface area contributed by atoms with Crippen LogP contribution in [-0.2, 0) is 21.2 Å². The van der Waals surface area contributed by atoms with Crippen molar-refractivity contribution in [1.29, 1.82) is 5.41 Å². The van der Waals surface area contributed by atoms with Gasteiger partial charge in [0.15, 0.2) is 17.3 Å². The number of amides is 1. The van der Waals surface area contributed by atoms with Crippen molar-refractivity contribution in [3.05, 3.63) is 58.1 Å². The summed E-state index contributed by atoms with van der Waals surface area (Å²) >= 11 is 7.14. The van der Waals surface area contributed by atoms with Crippen molar-refractivity contribution in [2.45, 2.75) is 13.5 Å². The molecule has 5 rings (SSSR count). The molecule has 0 saturated heterocycles. The summed E-state index contributed by atoms with van der Waals surface area (Å²) in [5, 5.41) is 13.8. The lowest BCUT2D eigenvalue weighted by Crippen LogP contribution is -2.35. The third-order valence-electron chi connectivity index (χ3n) is 5.18. The van der Waals surface area contributed by atoms with Crippen LogP contribution in [0.3, 0.4) is 0 Å². The summed E-state index contributed by atoms with van der Waals surface area (Å²) in [6.07, 6.45) is 1.45. The highest BCUT2D eigenvalue weighted by Gasteiger charge is 2.39. The average molecular weight is 533 g/mol. The van der Waals surface area contributed by atoms with Gasteiger partial charge in [-0.2, -0.15) is 10.0 Å². The Morgan fingerprint density at radius 2 is 2.03 bits per heavy atom.